The van der Waals surface area contributed by atoms with Crippen molar-refractivity contribution in [3.05, 3.63) is 54.6 Å². The molecule has 128 valence electrons. The lowest BCUT2D eigenvalue weighted by Gasteiger charge is -2.33. The first-order valence-electron chi connectivity index (χ1n) is 8.90. The number of aromatic nitrogens is 3. The molecule has 5 heteroatoms. The maximum atomic E-state index is 4.46. The first kappa shape index (κ1) is 15.8. The predicted octanol–water partition coefficient (Wildman–Crippen LogP) is 3.66. The van der Waals surface area contributed by atoms with Crippen molar-refractivity contribution in [3.63, 3.8) is 0 Å². The molecule has 0 unspecified atom stereocenters. The normalized spacial score (nSPS) is 15.5. The highest BCUT2D eigenvalue weighted by Crippen LogP contribution is 2.25. The summed E-state index contributed by atoms with van der Waals surface area (Å²) in [5, 5.41) is 4.67. The minimum Gasteiger partial charge on any atom is -0.371 e. The standard InChI is InChI=1S/C20H23N5/c1-15-3-2-4-18-19(15)23-14-24-20(18)22-13-16-7-11-25(12-8-16)17-5-9-21-10-6-17/h2-6,9-10,14,16H,7-8,11-13H2,1H3,(H,22,23,24). The Kier molecular flexibility index (Phi) is 4.46. The SMILES string of the molecule is Cc1cccc2c(NCC3CCN(c4ccncc4)CC3)ncnc12. The zero-order valence-electron chi connectivity index (χ0n) is 14.5. The van der Waals surface area contributed by atoms with Crippen molar-refractivity contribution >= 4 is 22.4 Å². The number of benzene rings is 1. The van der Waals surface area contributed by atoms with Crippen LogP contribution < -0.4 is 10.2 Å². The molecule has 4 rings (SSSR count). The van der Waals surface area contributed by atoms with Crippen molar-refractivity contribution in [1.29, 1.82) is 0 Å². The summed E-state index contributed by atoms with van der Waals surface area (Å²) in [6.07, 6.45) is 7.77. The Morgan fingerprint density at radius 3 is 2.68 bits per heavy atom. The van der Waals surface area contributed by atoms with Gasteiger partial charge >= 0.3 is 0 Å². The molecule has 0 bridgehead atoms. The summed E-state index contributed by atoms with van der Waals surface area (Å²) in [4.78, 5) is 15.4. The maximum absolute atomic E-state index is 4.46. The Labute approximate surface area is 148 Å². The number of rotatable bonds is 4. The highest BCUT2D eigenvalue weighted by molar-refractivity contribution is 5.90. The second-order valence-electron chi connectivity index (χ2n) is 6.71. The molecule has 3 aromatic rings. The van der Waals surface area contributed by atoms with Crippen LogP contribution >= 0.6 is 0 Å². The number of nitrogens with one attached hydrogen (secondary N) is 1. The summed E-state index contributed by atoms with van der Waals surface area (Å²) in [5.41, 5.74) is 3.50. The molecule has 0 amide bonds. The molecule has 25 heavy (non-hydrogen) atoms. The summed E-state index contributed by atoms with van der Waals surface area (Å²) in [6, 6.07) is 10.4. The zero-order valence-corrected chi connectivity index (χ0v) is 14.5. The lowest BCUT2D eigenvalue weighted by Crippen LogP contribution is -2.35. The maximum Gasteiger partial charge on any atom is 0.137 e. The fourth-order valence-corrected chi connectivity index (χ4v) is 3.57. The molecule has 1 aliphatic rings. The molecule has 0 saturated carbocycles. The molecule has 1 fully saturated rings. The van der Waals surface area contributed by atoms with E-state index in [4.69, 9.17) is 0 Å². The Morgan fingerprint density at radius 2 is 1.88 bits per heavy atom. The Balaban J connectivity index is 1.38. The number of aryl methyl sites for hydroxylation is 1. The molecular weight excluding hydrogens is 310 g/mol. The first-order chi connectivity index (χ1) is 12.3. The molecule has 1 aliphatic heterocycles. The van der Waals surface area contributed by atoms with Crippen molar-refractivity contribution in [3.8, 4) is 0 Å². The van der Waals surface area contributed by atoms with E-state index in [-0.39, 0.29) is 0 Å². The second kappa shape index (κ2) is 7.05. The van der Waals surface area contributed by atoms with Crippen LogP contribution in [0.25, 0.3) is 10.9 Å². The van der Waals surface area contributed by atoms with Gasteiger partial charge in [0.15, 0.2) is 0 Å². The van der Waals surface area contributed by atoms with Crippen LogP contribution in [0.3, 0.4) is 0 Å². The third-order valence-corrected chi connectivity index (χ3v) is 5.07. The number of anilines is 2. The molecule has 2 aromatic heterocycles. The van der Waals surface area contributed by atoms with Crippen molar-refractivity contribution < 1.29 is 0 Å². The topological polar surface area (TPSA) is 53.9 Å². The highest BCUT2D eigenvalue weighted by Gasteiger charge is 2.19. The number of nitrogens with zero attached hydrogens (tertiary/aromatic N) is 4. The second-order valence-corrected chi connectivity index (χ2v) is 6.71. The van der Waals surface area contributed by atoms with Gasteiger partial charge in [-0.1, -0.05) is 12.1 Å². The number of para-hydroxylation sites is 1. The molecule has 0 atom stereocenters. The summed E-state index contributed by atoms with van der Waals surface area (Å²) < 4.78 is 0. The fraction of sp³-hybridized carbons (Fsp3) is 0.350. The number of hydrogen-bond donors (Lipinski definition) is 1. The van der Waals surface area contributed by atoms with E-state index >= 15 is 0 Å². The van der Waals surface area contributed by atoms with Crippen molar-refractivity contribution in [2.75, 3.05) is 29.9 Å². The summed E-state index contributed by atoms with van der Waals surface area (Å²) in [7, 11) is 0. The van der Waals surface area contributed by atoms with E-state index in [2.05, 4.69) is 62.4 Å². The van der Waals surface area contributed by atoms with Crippen molar-refractivity contribution in [2.24, 2.45) is 5.92 Å². The number of fused-ring (bicyclic) bond motifs is 1. The Hall–Kier alpha value is -2.69. The lowest BCUT2D eigenvalue weighted by molar-refractivity contribution is 0.423. The van der Waals surface area contributed by atoms with Crippen molar-refractivity contribution in [2.45, 2.75) is 19.8 Å². The molecule has 1 aromatic carbocycles. The van der Waals surface area contributed by atoms with Crippen molar-refractivity contribution in [1.82, 2.24) is 15.0 Å². The van der Waals surface area contributed by atoms with Gasteiger partial charge < -0.3 is 10.2 Å². The average Bonchev–Trinajstić information content (AvgIpc) is 2.68. The van der Waals surface area contributed by atoms with Gasteiger partial charge in [-0.2, -0.15) is 0 Å². The van der Waals surface area contributed by atoms with E-state index in [9.17, 15) is 0 Å². The molecule has 1 N–H and O–H groups in total. The monoisotopic (exact) mass is 333 g/mol. The van der Waals surface area contributed by atoms with E-state index < -0.39 is 0 Å². The molecule has 1 saturated heterocycles. The van der Waals surface area contributed by atoms with E-state index in [1.54, 1.807) is 6.33 Å². The Bertz CT molecular complexity index is 841. The molecular formula is C20H23N5. The number of pyridine rings is 1. The first-order valence-corrected chi connectivity index (χ1v) is 8.90. The van der Waals surface area contributed by atoms with E-state index in [0.29, 0.717) is 5.92 Å². The van der Waals surface area contributed by atoms with E-state index in [0.717, 1.165) is 36.4 Å². The average molecular weight is 333 g/mol. The third kappa shape index (κ3) is 3.40. The third-order valence-electron chi connectivity index (χ3n) is 5.07. The van der Waals surface area contributed by atoms with Crippen LogP contribution in [0.15, 0.2) is 49.1 Å². The number of hydrogen-bond acceptors (Lipinski definition) is 5. The van der Waals surface area contributed by atoms with Gasteiger partial charge in [0.2, 0.25) is 0 Å². The quantitative estimate of drug-likeness (QED) is 0.789. The van der Waals surface area contributed by atoms with E-state index in [1.165, 1.54) is 24.1 Å². The van der Waals surface area contributed by atoms with Gasteiger partial charge in [0.25, 0.3) is 0 Å². The number of piperidine rings is 1. The summed E-state index contributed by atoms with van der Waals surface area (Å²) in [6.45, 7) is 5.25. The Morgan fingerprint density at radius 1 is 1.08 bits per heavy atom. The largest absolute Gasteiger partial charge is 0.371 e. The zero-order chi connectivity index (χ0) is 17.1. The molecule has 0 radical (unpaired) electrons. The highest BCUT2D eigenvalue weighted by atomic mass is 15.1. The van der Waals surface area contributed by atoms with Crippen LogP contribution in [0.1, 0.15) is 18.4 Å². The van der Waals surface area contributed by atoms with Crippen LogP contribution in [-0.4, -0.2) is 34.6 Å². The minimum absolute atomic E-state index is 0.674. The van der Waals surface area contributed by atoms with Gasteiger partial charge in [-0.05, 0) is 49.4 Å². The molecule has 5 nitrogen and oxygen atoms in total. The smallest absolute Gasteiger partial charge is 0.137 e. The van der Waals surface area contributed by atoms with Gasteiger partial charge in [0, 0.05) is 43.1 Å². The van der Waals surface area contributed by atoms with Crippen LogP contribution in [0, 0.1) is 12.8 Å². The lowest BCUT2D eigenvalue weighted by atomic mass is 9.96. The van der Waals surface area contributed by atoms with Gasteiger partial charge in [0.1, 0.15) is 12.1 Å². The van der Waals surface area contributed by atoms with Crippen LogP contribution in [0.5, 0.6) is 0 Å². The predicted molar refractivity (Wildman–Crippen MR) is 102 cm³/mol. The summed E-state index contributed by atoms with van der Waals surface area (Å²) >= 11 is 0. The molecule has 0 aliphatic carbocycles. The molecule has 0 spiro atoms. The van der Waals surface area contributed by atoms with Crippen LogP contribution in [0.2, 0.25) is 0 Å². The van der Waals surface area contributed by atoms with Gasteiger partial charge in [-0.25, -0.2) is 9.97 Å². The van der Waals surface area contributed by atoms with Gasteiger partial charge in [-0.15, -0.1) is 0 Å². The van der Waals surface area contributed by atoms with Gasteiger partial charge in [-0.3, -0.25) is 4.98 Å². The minimum atomic E-state index is 0.674. The van der Waals surface area contributed by atoms with E-state index in [1.807, 2.05) is 12.4 Å². The fourth-order valence-electron chi connectivity index (χ4n) is 3.57. The summed E-state index contributed by atoms with van der Waals surface area (Å²) in [5.74, 6) is 1.62. The van der Waals surface area contributed by atoms with Crippen LogP contribution in [-0.2, 0) is 0 Å². The molecule has 3 heterocycles. The van der Waals surface area contributed by atoms with Gasteiger partial charge in [0.05, 0.1) is 5.52 Å². The van der Waals surface area contributed by atoms with Crippen LogP contribution in [0.4, 0.5) is 11.5 Å².